The molecule has 1 aromatic rings. The molecule has 17 heteroatoms. The third kappa shape index (κ3) is 16.2. The van der Waals surface area contributed by atoms with Crippen LogP contribution in [0.1, 0.15) is 77.8 Å². The molecule has 4 atom stereocenters. The molecule has 256 valence electrons. The van der Waals surface area contributed by atoms with Crippen LogP contribution < -0.4 is 22.1 Å². The molecule has 1 heterocycles. The fourth-order valence-corrected chi connectivity index (χ4v) is 4.92. The SMILES string of the molecule is CC(C)C(=O)C[C@@H](CCCCN)C(=O)N[C@@H](Cc1cn(CCP(=O)(O)O)nn1)C(=O)C[C@@H](C)C(=O)N[C@@H](CCCCN)C(=O)O. The van der Waals surface area contributed by atoms with Crippen LogP contribution in [0.15, 0.2) is 6.20 Å². The molecule has 2 amide bonds. The predicted octanol–water partition coefficient (Wildman–Crippen LogP) is 0.137. The zero-order valence-corrected chi connectivity index (χ0v) is 27.3. The summed E-state index contributed by atoms with van der Waals surface area (Å²) < 4.78 is 12.5. The first-order valence-corrected chi connectivity index (χ1v) is 17.1. The second-order valence-electron chi connectivity index (χ2n) is 11.7. The van der Waals surface area contributed by atoms with Gasteiger partial charge in [-0.25, -0.2) is 4.79 Å². The molecule has 0 bridgehead atoms. The Bertz CT molecular complexity index is 1170. The molecular weight excluding hydrogens is 609 g/mol. The van der Waals surface area contributed by atoms with Crippen molar-refractivity contribution in [2.75, 3.05) is 19.3 Å². The molecule has 16 nitrogen and oxygen atoms in total. The van der Waals surface area contributed by atoms with Gasteiger partial charge in [0, 0.05) is 43.2 Å². The number of amides is 2. The van der Waals surface area contributed by atoms with Crippen molar-refractivity contribution in [1.29, 1.82) is 0 Å². The topological polar surface area (TPSA) is 270 Å². The first-order valence-electron chi connectivity index (χ1n) is 15.3. The average molecular weight is 660 g/mol. The lowest BCUT2D eigenvalue weighted by Crippen LogP contribution is -2.47. The van der Waals surface area contributed by atoms with Gasteiger partial charge in [-0.05, 0) is 45.2 Å². The maximum atomic E-state index is 13.5. The second kappa shape index (κ2) is 20.2. The van der Waals surface area contributed by atoms with Crippen LogP contribution in [-0.4, -0.2) is 90.6 Å². The van der Waals surface area contributed by atoms with Gasteiger partial charge in [0.2, 0.25) is 11.8 Å². The fourth-order valence-electron chi connectivity index (χ4n) is 4.46. The molecule has 0 saturated carbocycles. The number of nitrogens with two attached hydrogens (primary N) is 2. The summed E-state index contributed by atoms with van der Waals surface area (Å²) >= 11 is 0. The van der Waals surface area contributed by atoms with Gasteiger partial charge in [-0.1, -0.05) is 32.4 Å². The van der Waals surface area contributed by atoms with Crippen molar-refractivity contribution in [3.8, 4) is 0 Å². The number of carboxylic acids is 1. The largest absolute Gasteiger partial charge is 0.480 e. The number of unbranched alkanes of at least 4 members (excludes halogenated alkanes) is 2. The van der Waals surface area contributed by atoms with E-state index in [2.05, 4.69) is 20.9 Å². The Morgan fingerprint density at radius 1 is 0.889 bits per heavy atom. The molecule has 0 aliphatic carbocycles. The molecule has 1 rings (SSSR count). The van der Waals surface area contributed by atoms with Crippen LogP contribution >= 0.6 is 7.60 Å². The van der Waals surface area contributed by atoms with Gasteiger partial charge in [-0.15, -0.1) is 5.10 Å². The molecule has 0 unspecified atom stereocenters. The lowest BCUT2D eigenvalue weighted by molar-refractivity contribution is -0.142. The van der Waals surface area contributed by atoms with E-state index in [1.165, 1.54) is 17.8 Å². The highest BCUT2D eigenvalue weighted by Crippen LogP contribution is 2.33. The standard InChI is InChI=1S/C28H50N7O9P/c1-18(2)24(36)15-20(8-4-6-10-29)27(39)32-23(16-21-17-35(34-33-21)12-13-45(42,43)44)25(37)14-19(3)26(38)31-22(28(40)41)9-5-7-11-30/h17-20,22-23H,4-16,29-30H2,1-3H3,(H,31,38)(H,32,39)(H,40,41)(H2,42,43,44)/t19-,20-,22+,23+/m1/s1. The highest BCUT2D eigenvalue weighted by atomic mass is 31.2. The number of hydrogen-bond acceptors (Lipinski definition) is 10. The number of carbonyl (C=O) groups is 5. The normalized spacial score (nSPS) is 14.4. The number of Topliss-reactive ketones (excluding diaryl/α,β-unsaturated/α-hetero) is 2. The van der Waals surface area contributed by atoms with E-state index < -0.39 is 61.2 Å². The number of hydrogen-bond donors (Lipinski definition) is 7. The number of nitrogens with zero attached hydrogens (tertiary/aromatic N) is 3. The number of aromatic nitrogens is 3. The maximum Gasteiger partial charge on any atom is 0.327 e. The third-order valence-electron chi connectivity index (χ3n) is 7.31. The van der Waals surface area contributed by atoms with Crippen molar-refractivity contribution < 1.29 is 43.4 Å². The summed E-state index contributed by atoms with van der Waals surface area (Å²) in [6.45, 7) is 5.62. The van der Waals surface area contributed by atoms with Crippen molar-refractivity contribution in [2.45, 2.75) is 97.2 Å². The summed E-state index contributed by atoms with van der Waals surface area (Å²) in [5.74, 6) is -4.94. The van der Waals surface area contributed by atoms with E-state index in [1.807, 2.05) is 0 Å². The van der Waals surface area contributed by atoms with Crippen LogP contribution in [0.5, 0.6) is 0 Å². The maximum absolute atomic E-state index is 13.5. The van der Waals surface area contributed by atoms with E-state index in [-0.39, 0.29) is 49.6 Å². The number of rotatable bonds is 24. The highest BCUT2D eigenvalue weighted by molar-refractivity contribution is 7.51. The minimum Gasteiger partial charge on any atom is -0.480 e. The third-order valence-corrected chi connectivity index (χ3v) is 8.09. The molecule has 0 spiro atoms. The minimum atomic E-state index is -4.29. The smallest absolute Gasteiger partial charge is 0.327 e. The summed E-state index contributed by atoms with van der Waals surface area (Å²) in [6, 6.07) is -2.32. The van der Waals surface area contributed by atoms with Crippen molar-refractivity contribution in [2.24, 2.45) is 29.2 Å². The van der Waals surface area contributed by atoms with Crippen LogP contribution in [-0.2, 0) is 41.5 Å². The minimum absolute atomic E-state index is 0.0208. The van der Waals surface area contributed by atoms with E-state index in [9.17, 15) is 33.6 Å². The van der Waals surface area contributed by atoms with Crippen molar-refractivity contribution in [3.63, 3.8) is 0 Å². The van der Waals surface area contributed by atoms with Crippen molar-refractivity contribution in [1.82, 2.24) is 25.6 Å². The van der Waals surface area contributed by atoms with Crippen molar-refractivity contribution in [3.05, 3.63) is 11.9 Å². The Morgan fingerprint density at radius 2 is 1.49 bits per heavy atom. The number of aryl methyl sites for hydroxylation is 1. The number of carboxylic acid groups (broad SMARTS) is 1. The van der Waals surface area contributed by atoms with E-state index >= 15 is 0 Å². The van der Waals surface area contributed by atoms with Gasteiger partial charge in [0.1, 0.15) is 11.8 Å². The summed E-state index contributed by atoms with van der Waals surface area (Å²) in [4.78, 5) is 82.3. The molecule has 9 N–H and O–H groups in total. The second-order valence-corrected chi connectivity index (χ2v) is 13.5. The van der Waals surface area contributed by atoms with Gasteiger partial charge >= 0.3 is 13.6 Å². The lowest BCUT2D eigenvalue weighted by Gasteiger charge is -2.23. The first kappa shape index (κ1) is 40.0. The van der Waals surface area contributed by atoms with Crippen LogP contribution in [0.4, 0.5) is 0 Å². The number of aliphatic carboxylic acids is 1. The quantitative estimate of drug-likeness (QED) is 0.0575. The summed E-state index contributed by atoms with van der Waals surface area (Å²) in [5, 5.41) is 22.5. The zero-order chi connectivity index (χ0) is 34.2. The molecule has 0 aliphatic rings. The molecule has 0 aliphatic heterocycles. The van der Waals surface area contributed by atoms with E-state index in [1.54, 1.807) is 13.8 Å². The predicted molar refractivity (Wildman–Crippen MR) is 165 cm³/mol. The average Bonchev–Trinajstić information content (AvgIpc) is 3.41. The van der Waals surface area contributed by atoms with Crippen LogP contribution in [0.3, 0.4) is 0 Å². The van der Waals surface area contributed by atoms with Crippen molar-refractivity contribution >= 4 is 36.9 Å². The van der Waals surface area contributed by atoms with Gasteiger partial charge in [0.05, 0.1) is 24.4 Å². The molecular formula is C28H50N7O9P. The van der Waals surface area contributed by atoms with E-state index in [0.29, 0.717) is 45.2 Å². The number of nitrogens with one attached hydrogen (secondary N) is 2. The molecule has 1 aromatic heterocycles. The Balaban J connectivity index is 3.16. The molecule has 0 aromatic carbocycles. The molecule has 0 radical (unpaired) electrons. The molecule has 45 heavy (non-hydrogen) atoms. The van der Waals surface area contributed by atoms with Crippen LogP contribution in [0, 0.1) is 17.8 Å². The van der Waals surface area contributed by atoms with Crippen LogP contribution in [0.2, 0.25) is 0 Å². The summed E-state index contributed by atoms with van der Waals surface area (Å²) in [5.41, 5.74) is 11.3. The highest BCUT2D eigenvalue weighted by Gasteiger charge is 2.31. The first-order chi connectivity index (χ1) is 21.1. The molecule has 0 saturated heterocycles. The van der Waals surface area contributed by atoms with Gasteiger partial charge in [-0.3, -0.25) is 28.4 Å². The number of ketones is 2. The zero-order valence-electron chi connectivity index (χ0n) is 26.4. The van der Waals surface area contributed by atoms with Gasteiger partial charge < -0.3 is 37.0 Å². The molecule has 0 fully saturated rings. The Kier molecular flexibility index (Phi) is 17.9. The van der Waals surface area contributed by atoms with Gasteiger partial charge in [0.15, 0.2) is 5.78 Å². The Hall–Kier alpha value is -3.04. The van der Waals surface area contributed by atoms with Gasteiger partial charge in [-0.2, -0.15) is 0 Å². The summed E-state index contributed by atoms with van der Waals surface area (Å²) in [6.07, 6.45) is 3.32. The Labute approximate surface area is 263 Å². The monoisotopic (exact) mass is 659 g/mol. The van der Waals surface area contributed by atoms with E-state index in [4.69, 9.17) is 21.3 Å². The Morgan fingerprint density at radius 3 is 2.04 bits per heavy atom. The van der Waals surface area contributed by atoms with Crippen LogP contribution in [0.25, 0.3) is 0 Å². The van der Waals surface area contributed by atoms with E-state index in [0.717, 1.165) is 0 Å². The number of carbonyl (C=O) groups excluding carboxylic acids is 4. The fraction of sp³-hybridized carbons (Fsp3) is 0.750. The van der Waals surface area contributed by atoms with Gasteiger partial charge in [0.25, 0.3) is 0 Å². The lowest BCUT2D eigenvalue weighted by atomic mass is 9.90. The summed E-state index contributed by atoms with van der Waals surface area (Å²) in [7, 11) is -4.29.